The molecule has 1 nitrogen and oxygen atoms in total. The molecule has 0 heterocycles. The van der Waals surface area contributed by atoms with Crippen molar-refractivity contribution < 1.29 is 0 Å². The lowest BCUT2D eigenvalue weighted by molar-refractivity contribution is 0.640. The summed E-state index contributed by atoms with van der Waals surface area (Å²) in [5.41, 5.74) is 8.73. The number of fused-ring (bicyclic) bond motifs is 1. The zero-order valence-electron chi connectivity index (χ0n) is 7.16. The Morgan fingerprint density at radius 2 is 1.83 bits per heavy atom. The normalized spacial score (nSPS) is 26.2. The molecule has 2 N–H and O–H groups in total. The van der Waals surface area contributed by atoms with Crippen molar-refractivity contribution in [2.45, 2.75) is 25.3 Å². The highest BCUT2D eigenvalue weighted by atomic mass is 35.5. The molecule has 0 spiro atoms. The summed E-state index contributed by atoms with van der Waals surface area (Å²) >= 11 is 0. The highest BCUT2D eigenvalue weighted by Crippen LogP contribution is 2.37. The molecule has 1 aliphatic carbocycles. The smallest absolute Gasteiger partial charge is 0.0303 e. The van der Waals surface area contributed by atoms with Crippen LogP contribution >= 0.6 is 12.4 Å². The highest BCUT2D eigenvalue weighted by molar-refractivity contribution is 5.85. The van der Waals surface area contributed by atoms with Crippen molar-refractivity contribution in [1.29, 1.82) is 0 Å². The molecule has 0 bridgehead atoms. The predicted molar refractivity (Wildman–Crippen MR) is 53.7 cm³/mol. The zero-order chi connectivity index (χ0) is 7.84. The van der Waals surface area contributed by atoms with Crippen LogP contribution < -0.4 is 5.73 Å². The Hall–Kier alpha value is -0.530. The van der Waals surface area contributed by atoms with Gasteiger partial charge in [0.15, 0.2) is 0 Å². The van der Waals surface area contributed by atoms with Gasteiger partial charge in [-0.05, 0) is 23.5 Å². The summed E-state index contributed by atoms with van der Waals surface area (Å²) in [6.45, 7) is 2.24. The summed E-state index contributed by atoms with van der Waals surface area (Å²) < 4.78 is 0. The van der Waals surface area contributed by atoms with Crippen LogP contribution in [0.2, 0.25) is 0 Å². The summed E-state index contributed by atoms with van der Waals surface area (Å²) in [5.74, 6) is 0.654. The van der Waals surface area contributed by atoms with Gasteiger partial charge in [0, 0.05) is 6.04 Å². The zero-order valence-corrected chi connectivity index (χ0v) is 7.97. The Balaban J connectivity index is 0.000000720. The molecular weight excluding hydrogens is 170 g/mol. The van der Waals surface area contributed by atoms with Gasteiger partial charge in [-0.25, -0.2) is 0 Å². The molecule has 12 heavy (non-hydrogen) atoms. The van der Waals surface area contributed by atoms with E-state index in [2.05, 4.69) is 31.2 Å². The maximum atomic E-state index is 5.94. The van der Waals surface area contributed by atoms with Crippen LogP contribution in [0.4, 0.5) is 0 Å². The third-order valence-electron chi connectivity index (χ3n) is 2.53. The van der Waals surface area contributed by atoms with E-state index in [-0.39, 0.29) is 18.4 Å². The van der Waals surface area contributed by atoms with Crippen molar-refractivity contribution in [3.8, 4) is 0 Å². The molecule has 0 aliphatic heterocycles. The number of rotatable bonds is 0. The molecule has 2 atom stereocenters. The fraction of sp³-hybridized carbons (Fsp3) is 0.400. The van der Waals surface area contributed by atoms with E-state index in [1.807, 2.05) is 0 Å². The minimum atomic E-state index is 0. The van der Waals surface area contributed by atoms with Crippen LogP contribution in [0.3, 0.4) is 0 Å². The molecular formula is C10H14ClN. The average Bonchev–Trinajstić information content (AvgIpc) is 2.30. The van der Waals surface area contributed by atoms with Gasteiger partial charge in [0.1, 0.15) is 0 Å². The van der Waals surface area contributed by atoms with Crippen LogP contribution in [0.25, 0.3) is 0 Å². The van der Waals surface area contributed by atoms with Crippen molar-refractivity contribution >= 4 is 12.4 Å². The first-order valence-electron chi connectivity index (χ1n) is 4.13. The fourth-order valence-corrected chi connectivity index (χ4v) is 1.93. The van der Waals surface area contributed by atoms with Crippen LogP contribution in [0.5, 0.6) is 0 Å². The Kier molecular flexibility index (Phi) is 2.76. The van der Waals surface area contributed by atoms with Gasteiger partial charge in [0.05, 0.1) is 0 Å². The summed E-state index contributed by atoms with van der Waals surface area (Å²) in [4.78, 5) is 0. The Morgan fingerprint density at radius 3 is 2.42 bits per heavy atom. The van der Waals surface area contributed by atoms with E-state index in [4.69, 9.17) is 5.73 Å². The maximum absolute atomic E-state index is 5.94. The molecule has 0 amide bonds. The van der Waals surface area contributed by atoms with Crippen LogP contribution in [0, 0.1) is 0 Å². The van der Waals surface area contributed by atoms with Crippen molar-refractivity contribution in [2.75, 3.05) is 0 Å². The minimum Gasteiger partial charge on any atom is -0.324 e. The third-order valence-corrected chi connectivity index (χ3v) is 2.53. The van der Waals surface area contributed by atoms with E-state index in [9.17, 15) is 0 Å². The molecule has 0 saturated carbocycles. The Morgan fingerprint density at radius 1 is 1.25 bits per heavy atom. The van der Waals surface area contributed by atoms with E-state index in [1.165, 1.54) is 11.1 Å². The SMILES string of the molecule is C[C@H]1C[C@@H](N)c2ccccc21.Cl. The summed E-state index contributed by atoms with van der Waals surface area (Å²) in [5, 5.41) is 0. The monoisotopic (exact) mass is 183 g/mol. The molecule has 1 aromatic carbocycles. The first-order valence-corrected chi connectivity index (χ1v) is 4.13. The molecule has 1 aliphatic rings. The van der Waals surface area contributed by atoms with Crippen molar-refractivity contribution in [3.63, 3.8) is 0 Å². The lowest BCUT2D eigenvalue weighted by Crippen LogP contribution is -2.04. The molecule has 0 radical (unpaired) electrons. The van der Waals surface area contributed by atoms with Gasteiger partial charge >= 0.3 is 0 Å². The number of benzene rings is 1. The van der Waals surface area contributed by atoms with Crippen LogP contribution in [-0.2, 0) is 0 Å². The first kappa shape index (κ1) is 9.56. The van der Waals surface area contributed by atoms with Crippen LogP contribution in [0.15, 0.2) is 24.3 Å². The molecule has 0 unspecified atom stereocenters. The second kappa shape index (κ2) is 3.46. The Labute approximate surface area is 79.4 Å². The molecule has 2 rings (SSSR count). The molecule has 0 fully saturated rings. The van der Waals surface area contributed by atoms with E-state index >= 15 is 0 Å². The van der Waals surface area contributed by atoms with E-state index in [0.29, 0.717) is 5.92 Å². The van der Waals surface area contributed by atoms with E-state index in [0.717, 1.165) is 6.42 Å². The number of nitrogens with two attached hydrogens (primary N) is 1. The number of hydrogen-bond donors (Lipinski definition) is 1. The second-order valence-electron chi connectivity index (χ2n) is 3.37. The van der Waals surface area contributed by atoms with Crippen molar-refractivity contribution in [1.82, 2.24) is 0 Å². The van der Waals surface area contributed by atoms with Crippen molar-refractivity contribution in [3.05, 3.63) is 35.4 Å². The number of halogens is 1. The average molecular weight is 184 g/mol. The lowest BCUT2D eigenvalue weighted by atomic mass is 10.0. The molecule has 2 heteroatoms. The predicted octanol–water partition coefficient (Wildman–Crippen LogP) is 2.62. The molecule has 0 saturated heterocycles. The second-order valence-corrected chi connectivity index (χ2v) is 3.37. The highest BCUT2D eigenvalue weighted by Gasteiger charge is 2.24. The Bertz CT molecular complexity index is 245. The van der Waals surface area contributed by atoms with Crippen LogP contribution in [-0.4, -0.2) is 0 Å². The summed E-state index contributed by atoms with van der Waals surface area (Å²) in [6.07, 6.45) is 1.11. The maximum Gasteiger partial charge on any atom is 0.0303 e. The number of hydrogen-bond acceptors (Lipinski definition) is 1. The van der Waals surface area contributed by atoms with E-state index in [1.54, 1.807) is 0 Å². The molecule has 0 aromatic heterocycles. The van der Waals surface area contributed by atoms with Gasteiger partial charge in [-0.3, -0.25) is 0 Å². The van der Waals surface area contributed by atoms with Gasteiger partial charge in [0.2, 0.25) is 0 Å². The molecule has 1 aromatic rings. The van der Waals surface area contributed by atoms with Crippen molar-refractivity contribution in [2.24, 2.45) is 5.73 Å². The summed E-state index contributed by atoms with van der Waals surface area (Å²) in [7, 11) is 0. The largest absolute Gasteiger partial charge is 0.324 e. The van der Waals surface area contributed by atoms with Gasteiger partial charge in [-0.1, -0.05) is 31.2 Å². The summed E-state index contributed by atoms with van der Waals surface area (Å²) in [6, 6.07) is 8.77. The van der Waals surface area contributed by atoms with Gasteiger partial charge in [-0.15, -0.1) is 12.4 Å². The lowest BCUT2D eigenvalue weighted by Gasteiger charge is -2.02. The van der Waals surface area contributed by atoms with Gasteiger partial charge < -0.3 is 5.73 Å². The standard InChI is InChI=1S/C10H13N.ClH/c1-7-6-10(11)9-5-3-2-4-8(7)9;/h2-5,7,10H,6,11H2,1H3;1H/t7-,10+;/m0./s1. The topological polar surface area (TPSA) is 26.0 Å². The molecule has 66 valence electrons. The quantitative estimate of drug-likeness (QED) is 0.658. The van der Waals surface area contributed by atoms with Gasteiger partial charge in [0.25, 0.3) is 0 Å². The van der Waals surface area contributed by atoms with E-state index < -0.39 is 0 Å². The first-order chi connectivity index (χ1) is 5.29. The minimum absolute atomic E-state index is 0. The third kappa shape index (κ3) is 1.35. The van der Waals surface area contributed by atoms with Gasteiger partial charge in [-0.2, -0.15) is 0 Å². The van der Waals surface area contributed by atoms with Crippen LogP contribution in [0.1, 0.15) is 36.4 Å². The fourth-order valence-electron chi connectivity index (χ4n) is 1.93.